The fraction of sp³-hybridized carbons (Fsp3) is 0.615. The second-order valence-electron chi connectivity index (χ2n) is 4.54. The molecule has 0 spiro atoms. The molecule has 2 N–H and O–H groups in total. The number of nitrogens with zero attached hydrogens (tertiary/aromatic N) is 1. The summed E-state index contributed by atoms with van der Waals surface area (Å²) in [5, 5.41) is 7.61. The third-order valence-corrected chi connectivity index (χ3v) is 3.48. The molecule has 4 heteroatoms. The Morgan fingerprint density at radius 2 is 2.35 bits per heavy atom. The van der Waals surface area contributed by atoms with E-state index in [-0.39, 0.29) is 0 Å². The summed E-state index contributed by atoms with van der Waals surface area (Å²) in [6.07, 6.45) is 6.48. The first-order valence-electron chi connectivity index (χ1n) is 6.41. The van der Waals surface area contributed by atoms with Crippen molar-refractivity contribution in [1.29, 1.82) is 0 Å². The smallest absolute Gasteiger partial charge is 0.131 e. The molecule has 2 heterocycles. The predicted molar refractivity (Wildman–Crippen MR) is 72.8 cm³/mol. The molecule has 3 nitrogen and oxygen atoms in total. The number of anilines is 1. The van der Waals surface area contributed by atoms with Crippen molar-refractivity contribution in [3.05, 3.63) is 23.0 Å². The number of aromatic nitrogens is 1. The maximum atomic E-state index is 5.96. The summed E-state index contributed by atoms with van der Waals surface area (Å²) in [4.78, 5) is 4.14. The van der Waals surface area contributed by atoms with Crippen molar-refractivity contribution in [3.63, 3.8) is 0 Å². The van der Waals surface area contributed by atoms with Gasteiger partial charge in [-0.1, -0.05) is 18.5 Å². The highest BCUT2D eigenvalue weighted by Gasteiger charge is 2.13. The van der Waals surface area contributed by atoms with Crippen LogP contribution in [0.2, 0.25) is 5.15 Å². The minimum atomic E-state index is 0.550. The van der Waals surface area contributed by atoms with Gasteiger partial charge in [-0.25, -0.2) is 4.98 Å². The molecule has 1 aromatic heterocycles. The van der Waals surface area contributed by atoms with Crippen molar-refractivity contribution >= 4 is 17.3 Å². The molecule has 0 saturated carbocycles. The molecule has 0 amide bonds. The van der Waals surface area contributed by atoms with Gasteiger partial charge in [0.2, 0.25) is 0 Å². The Hall–Kier alpha value is -0.800. The highest BCUT2D eigenvalue weighted by Crippen LogP contribution is 2.22. The van der Waals surface area contributed by atoms with Crippen LogP contribution in [0.5, 0.6) is 0 Å². The normalized spacial score (nSPS) is 20.9. The van der Waals surface area contributed by atoms with E-state index in [1.54, 1.807) is 0 Å². The fourth-order valence-corrected chi connectivity index (χ4v) is 2.42. The van der Waals surface area contributed by atoms with E-state index in [2.05, 4.69) is 22.5 Å². The molecule has 0 aliphatic carbocycles. The van der Waals surface area contributed by atoms with Crippen LogP contribution < -0.4 is 10.6 Å². The van der Waals surface area contributed by atoms with E-state index in [9.17, 15) is 0 Å². The number of hydrogen-bond donors (Lipinski definition) is 2. The zero-order valence-corrected chi connectivity index (χ0v) is 11.1. The Balaban J connectivity index is 2.07. The molecule has 1 saturated heterocycles. The third-order valence-electron chi connectivity index (χ3n) is 3.27. The van der Waals surface area contributed by atoms with E-state index >= 15 is 0 Å². The highest BCUT2D eigenvalue weighted by molar-refractivity contribution is 6.29. The van der Waals surface area contributed by atoms with E-state index in [1.165, 1.54) is 24.8 Å². The van der Waals surface area contributed by atoms with Gasteiger partial charge in [-0.3, -0.25) is 0 Å². The number of pyridine rings is 1. The molecule has 0 radical (unpaired) electrons. The van der Waals surface area contributed by atoms with Crippen molar-refractivity contribution in [1.82, 2.24) is 10.3 Å². The second-order valence-corrected chi connectivity index (χ2v) is 4.93. The fourth-order valence-electron chi connectivity index (χ4n) is 2.26. The van der Waals surface area contributed by atoms with Crippen LogP contribution in [-0.2, 0) is 6.42 Å². The molecule has 1 aromatic rings. The lowest BCUT2D eigenvalue weighted by Crippen LogP contribution is -2.22. The average Bonchev–Trinajstić information content (AvgIpc) is 2.58. The van der Waals surface area contributed by atoms with Crippen LogP contribution in [0.15, 0.2) is 12.3 Å². The number of halogens is 1. The van der Waals surface area contributed by atoms with Gasteiger partial charge in [0.1, 0.15) is 5.15 Å². The zero-order chi connectivity index (χ0) is 12.1. The average molecular weight is 254 g/mol. The zero-order valence-electron chi connectivity index (χ0n) is 10.3. The monoisotopic (exact) mass is 253 g/mol. The first-order valence-corrected chi connectivity index (χ1v) is 6.79. The van der Waals surface area contributed by atoms with Crippen LogP contribution in [0.25, 0.3) is 0 Å². The van der Waals surface area contributed by atoms with Crippen LogP contribution in [-0.4, -0.2) is 24.1 Å². The summed E-state index contributed by atoms with van der Waals surface area (Å²) >= 11 is 5.96. The van der Waals surface area contributed by atoms with Gasteiger partial charge in [-0.15, -0.1) is 0 Å². The van der Waals surface area contributed by atoms with Crippen molar-refractivity contribution < 1.29 is 0 Å². The van der Waals surface area contributed by atoms with Crippen molar-refractivity contribution in [2.24, 2.45) is 0 Å². The topological polar surface area (TPSA) is 37.0 Å². The van der Waals surface area contributed by atoms with Crippen molar-refractivity contribution in [3.8, 4) is 0 Å². The van der Waals surface area contributed by atoms with Gasteiger partial charge in [-0.05, 0) is 50.4 Å². The van der Waals surface area contributed by atoms with E-state index in [1.807, 2.05) is 12.3 Å². The lowest BCUT2D eigenvalue weighted by molar-refractivity contribution is 0.636. The van der Waals surface area contributed by atoms with Gasteiger partial charge in [0, 0.05) is 17.9 Å². The first-order chi connectivity index (χ1) is 8.29. The molecule has 0 unspecified atom stereocenters. The Kier molecular flexibility index (Phi) is 4.63. The molecular formula is C13H20ClN3. The van der Waals surface area contributed by atoms with E-state index < -0.39 is 0 Å². The number of aryl methyl sites for hydroxylation is 1. The van der Waals surface area contributed by atoms with Crippen LogP contribution in [0.4, 0.5) is 5.69 Å². The van der Waals surface area contributed by atoms with Gasteiger partial charge >= 0.3 is 0 Å². The summed E-state index contributed by atoms with van der Waals surface area (Å²) in [5.74, 6) is 0. The summed E-state index contributed by atoms with van der Waals surface area (Å²) < 4.78 is 0. The van der Waals surface area contributed by atoms with Gasteiger partial charge in [0.25, 0.3) is 0 Å². The predicted octanol–water partition coefficient (Wildman–Crippen LogP) is 2.85. The maximum absolute atomic E-state index is 5.96. The summed E-state index contributed by atoms with van der Waals surface area (Å²) in [6, 6.07) is 2.49. The second kappa shape index (κ2) is 6.22. The van der Waals surface area contributed by atoms with Crippen LogP contribution in [0, 0.1) is 0 Å². The van der Waals surface area contributed by atoms with E-state index in [0.717, 1.165) is 25.2 Å². The number of rotatable bonds is 3. The summed E-state index contributed by atoms with van der Waals surface area (Å²) in [7, 11) is 0. The summed E-state index contributed by atoms with van der Waals surface area (Å²) in [6.45, 7) is 4.37. The molecule has 0 bridgehead atoms. The van der Waals surface area contributed by atoms with E-state index in [4.69, 9.17) is 11.6 Å². The minimum absolute atomic E-state index is 0.550. The lowest BCUT2D eigenvalue weighted by Gasteiger charge is -2.19. The molecular weight excluding hydrogens is 234 g/mol. The van der Waals surface area contributed by atoms with Gasteiger partial charge in [0.15, 0.2) is 0 Å². The molecule has 2 rings (SSSR count). The van der Waals surface area contributed by atoms with Crippen molar-refractivity contribution in [2.75, 3.05) is 18.4 Å². The summed E-state index contributed by atoms with van der Waals surface area (Å²) in [5.41, 5.74) is 2.39. The van der Waals surface area contributed by atoms with Gasteiger partial charge < -0.3 is 10.6 Å². The van der Waals surface area contributed by atoms with Gasteiger partial charge in [0.05, 0.1) is 0 Å². The van der Waals surface area contributed by atoms with Crippen LogP contribution in [0.1, 0.15) is 31.7 Å². The molecule has 17 heavy (non-hydrogen) atoms. The Morgan fingerprint density at radius 3 is 3.18 bits per heavy atom. The molecule has 1 aliphatic heterocycles. The maximum Gasteiger partial charge on any atom is 0.131 e. The third kappa shape index (κ3) is 3.58. The van der Waals surface area contributed by atoms with Crippen LogP contribution in [0.3, 0.4) is 0 Å². The van der Waals surface area contributed by atoms with Crippen LogP contribution >= 0.6 is 11.6 Å². The SMILES string of the molecule is CCc1cnc(Cl)cc1N[C@@H]1CCCNCC1. The molecule has 94 valence electrons. The standard InChI is InChI=1S/C13H20ClN3/c1-2-10-9-16-13(14)8-12(10)17-11-4-3-6-15-7-5-11/h8-9,11,15H,2-7H2,1H3,(H,16,17)/t11-/m1/s1. The largest absolute Gasteiger partial charge is 0.382 e. The quantitative estimate of drug-likeness (QED) is 0.814. The molecule has 1 atom stereocenters. The number of nitrogens with one attached hydrogen (secondary N) is 2. The van der Waals surface area contributed by atoms with Gasteiger partial charge in [-0.2, -0.15) is 0 Å². The Labute approximate surface area is 108 Å². The van der Waals surface area contributed by atoms with Crippen molar-refractivity contribution in [2.45, 2.75) is 38.6 Å². The minimum Gasteiger partial charge on any atom is -0.382 e. The molecule has 1 aliphatic rings. The first kappa shape index (κ1) is 12.7. The molecule has 0 aromatic carbocycles. The highest BCUT2D eigenvalue weighted by atomic mass is 35.5. The number of hydrogen-bond acceptors (Lipinski definition) is 3. The molecule has 1 fully saturated rings. The van der Waals surface area contributed by atoms with E-state index in [0.29, 0.717) is 11.2 Å². The lowest BCUT2D eigenvalue weighted by atomic mass is 10.1. The Morgan fingerprint density at radius 1 is 1.47 bits per heavy atom. The Bertz CT molecular complexity index is 360.